The molecule has 1 fully saturated rings. The maximum Gasteiger partial charge on any atom is 0.322 e. The number of halogens is 2. The number of piperidine rings is 1. The predicted octanol–water partition coefficient (Wildman–Crippen LogP) is 4.00. The Morgan fingerprint density at radius 2 is 1.78 bits per heavy atom. The number of anilines is 1. The van der Waals surface area contributed by atoms with Crippen LogP contribution < -0.4 is 5.32 Å². The molecule has 0 spiro atoms. The molecule has 0 radical (unpaired) electrons. The number of thiophene rings is 1. The Hall–Kier alpha value is -2.70. The second kappa shape index (κ2) is 8.68. The molecule has 3 heterocycles. The number of hydrogen-bond acceptors (Lipinski definition) is 7. The van der Waals surface area contributed by atoms with E-state index in [4.69, 9.17) is 4.42 Å². The summed E-state index contributed by atoms with van der Waals surface area (Å²) in [5.41, 5.74) is 0.0185. The fourth-order valence-electron chi connectivity index (χ4n) is 3.75. The highest BCUT2D eigenvalue weighted by atomic mass is 32.2. The third-order valence-corrected chi connectivity index (χ3v) is 7.91. The normalized spacial score (nSPS) is 19.8. The summed E-state index contributed by atoms with van der Waals surface area (Å²) in [6.45, 7) is 4.91. The molecule has 1 saturated heterocycles. The Morgan fingerprint density at radius 1 is 1.12 bits per heavy atom. The summed E-state index contributed by atoms with van der Waals surface area (Å²) in [7, 11) is -3.71. The highest BCUT2D eigenvalue weighted by molar-refractivity contribution is 7.89. The fraction of sp³-hybridized carbons (Fsp3) is 0.350. The van der Waals surface area contributed by atoms with Crippen molar-refractivity contribution >= 4 is 33.3 Å². The van der Waals surface area contributed by atoms with Gasteiger partial charge in [0.15, 0.2) is 0 Å². The predicted molar refractivity (Wildman–Crippen MR) is 114 cm³/mol. The first-order valence-electron chi connectivity index (χ1n) is 9.82. The molecule has 0 unspecified atom stereocenters. The van der Waals surface area contributed by atoms with Gasteiger partial charge in [0.05, 0.1) is 9.77 Å². The molecule has 0 saturated carbocycles. The van der Waals surface area contributed by atoms with Gasteiger partial charge < -0.3 is 4.42 Å². The van der Waals surface area contributed by atoms with Gasteiger partial charge in [0.25, 0.3) is 5.91 Å². The molecule has 1 N–H and O–H groups in total. The molecule has 170 valence electrons. The van der Waals surface area contributed by atoms with Gasteiger partial charge in [0.1, 0.15) is 11.6 Å². The van der Waals surface area contributed by atoms with Crippen molar-refractivity contribution in [3.63, 3.8) is 0 Å². The Balaban J connectivity index is 1.48. The van der Waals surface area contributed by atoms with Gasteiger partial charge in [0.2, 0.25) is 15.9 Å². The van der Waals surface area contributed by atoms with Crippen molar-refractivity contribution < 1.29 is 26.4 Å². The zero-order chi connectivity index (χ0) is 23.0. The van der Waals surface area contributed by atoms with Crippen LogP contribution in [0.5, 0.6) is 0 Å². The summed E-state index contributed by atoms with van der Waals surface area (Å²) in [6.07, 6.45) is 0.970. The average molecular weight is 483 g/mol. The van der Waals surface area contributed by atoms with Crippen molar-refractivity contribution in [2.45, 2.75) is 25.2 Å². The molecular formula is C20H20F2N4O4S2. The maximum atomic E-state index is 13.4. The SMILES string of the molecule is C[C@@H]1C[C@H](C)CN(S(=O)(=O)c2csc(C(=O)Nc3nnc(-c4cc(F)cc(F)c4)o3)c2)C1. The number of nitrogens with one attached hydrogen (secondary N) is 1. The summed E-state index contributed by atoms with van der Waals surface area (Å²) in [6, 6.07) is 3.75. The maximum absolute atomic E-state index is 13.4. The zero-order valence-electron chi connectivity index (χ0n) is 17.2. The number of carbonyl (C=O) groups excluding carboxylic acids is 1. The monoisotopic (exact) mass is 482 g/mol. The number of aromatic nitrogens is 2. The van der Waals surface area contributed by atoms with E-state index in [9.17, 15) is 22.0 Å². The van der Waals surface area contributed by atoms with Crippen molar-refractivity contribution in [1.29, 1.82) is 0 Å². The van der Waals surface area contributed by atoms with Crippen LogP contribution >= 0.6 is 11.3 Å². The van der Waals surface area contributed by atoms with Crippen molar-refractivity contribution in [1.82, 2.24) is 14.5 Å². The van der Waals surface area contributed by atoms with Gasteiger partial charge in [-0.05, 0) is 36.5 Å². The fourth-order valence-corrected chi connectivity index (χ4v) is 6.59. The summed E-state index contributed by atoms with van der Waals surface area (Å²) >= 11 is 0.970. The van der Waals surface area contributed by atoms with Crippen LogP contribution in [0.15, 0.2) is 39.0 Å². The van der Waals surface area contributed by atoms with Gasteiger partial charge in [-0.15, -0.1) is 16.4 Å². The van der Waals surface area contributed by atoms with E-state index >= 15 is 0 Å². The van der Waals surface area contributed by atoms with E-state index in [1.807, 2.05) is 13.8 Å². The molecule has 2 aromatic heterocycles. The summed E-state index contributed by atoms with van der Waals surface area (Å²) in [4.78, 5) is 12.7. The third-order valence-electron chi connectivity index (χ3n) is 5.03. The van der Waals surface area contributed by atoms with Gasteiger partial charge in [-0.3, -0.25) is 10.1 Å². The van der Waals surface area contributed by atoms with Gasteiger partial charge in [-0.25, -0.2) is 17.2 Å². The second-order valence-corrected chi connectivity index (χ2v) is 10.8. The number of carbonyl (C=O) groups is 1. The quantitative estimate of drug-likeness (QED) is 0.589. The van der Waals surface area contributed by atoms with Crippen molar-refractivity contribution in [3.8, 4) is 11.5 Å². The highest BCUT2D eigenvalue weighted by Crippen LogP contribution is 2.29. The van der Waals surface area contributed by atoms with Crippen molar-refractivity contribution in [3.05, 3.63) is 46.2 Å². The molecule has 1 aliphatic rings. The lowest BCUT2D eigenvalue weighted by molar-refractivity contribution is 0.102. The topological polar surface area (TPSA) is 105 Å². The molecule has 32 heavy (non-hydrogen) atoms. The number of amides is 1. The Kier molecular flexibility index (Phi) is 6.10. The first-order chi connectivity index (χ1) is 15.1. The minimum absolute atomic E-state index is 0.0185. The zero-order valence-corrected chi connectivity index (χ0v) is 18.8. The number of hydrogen-bond donors (Lipinski definition) is 1. The van der Waals surface area contributed by atoms with E-state index in [0.29, 0.717) is 19.2 Å². The van der Waals surface area contributed by atoms with E-state index in [-0.39, 0.29) is 39.1 Å². The van der Waals surface area contributed by atoms with Gasteiger partial charge >= 0.3 is 6.01 Å². The lowest BCUT2D eigenvalue weighted by Gasteiger charge is -2.33. The molecule has 8 nitrogen and oxygen atoms in total. The van der Waals surface area contributed by atoms with Gasteiger partial charge in [-0.2, -0.15) is 4.31 Å². The van der Waals surface area contributed by atoms with Crippen LogP contribution in [0.1, 0.15) is 29.9 Å². The van der Waals surface area contributed by atoms with Crippen LogP contribution in [0, 0.1) is 23.5 Å². The molecule has 3 aromatic rings. The number of rotatable bonds is 5. The molecule has 1 aliphatic heterocycles. The van der Waals surface area contributed by atoms with Crippen LogP contribution in [0.4, 0.5) is 14.8 Å². The van der Waals surface area contributed by atoms with Crippen LogP contribution in [0.25, 0.3) is 11.5 Å². The molecule has 12 heteroatoms. The minimum Gasteiger partial charge on any atom is -0.403 e. The van der Waals surface area contributed by atoms with E-state index in [1.54, 1.807) is 0 Å². The Labute approximate surface area is 187 Å². The van der Waals surface area contributed by atoms with Gasteiger partial charge in [-0.1, -0.05) is 18.9 Å². The Bertz CT molecular complexity index is 1230. The third kappa shape index (κ3) is 4.71. The summed E-state index contributed by atoms with van der Waals surface area (Å²) in [5.74, 6) is -1.93. The van der Waals surface area contributed by atoms with Crippen LogP contribution in [0.2, 0.25) is 0 Å². The lowest BCUT2D eigenvalue weighted by atomic mass is 9.94. The van der Waals surface area contributed by atoms with E-state index in [2.05, 4.69) is 15.5 Å². The molecule has 0 bridgehead atoms. The minimum atomic E-state index is -3.71. The summed E-state index contributed by atoms with van der Waals surface area (Å²) < 4.78 is 59.4. The van der Waals surface area contributed by atoms with Crippen molar-refractivity contribution in [2.75, 3.05) is 18.4 Å². The molecule has 1 amide bonds. The number of sulfonamides is 1. The highest BCUT2D eigenvalue weighted by Gasteiger charge is 2.32. The summed E-state index contributed by atoms with van der Waals surface area (Å²) in [5, 5.41) is 11.1. The largest absolute Gasteiger partial charge is 0.403 e. The second-order valence-electron chi connectivity index (χ2n) is 7.94. The first-order valence-corrected chi connectivity index (χ1v) is 12.1. The standard InChI is InChI=1S/C20H20F2N4O4S2/c1-11-3-12(2)9-26(8-11)32(28,29)16-7-17(31-10-16)18(27)23-20-25-24-19(30-20)13-4-14(21)6-15(22)5-13/h4-7,10-12H,3,8-9H2,1-2H3,(H,23,25,27)/t11-,12+. The lowest BCUT2D eigenvalue weighted by Crippen LogP contribution is -2.42. The van der Waals surface area contributed by atoms with Crippen molar-refractivity contribution in [2.24, 2.45) is 11.8 Å². The molecular weight excluding hydrogens is 462 g/mol. The molecule has 4 rings (SSSR count). The van der Waals surface area contributed by atoms with E-state index < -0.39 is 27.6 Å². The van der Waals surface area contributed by atoms with Crippen LogP contribution in [0.3, 0.4) is 0 Å². The average Bonchev–Trinajstić information content (AvgIpc) is 3.36. The van der Waals surface area contributed by atoms with E-state index in [1.165, 1.54) is 15.8 Å². The Morgan fingerprint density at radius 3 is 2.44 bits per heavy atom. The smallest absolute Gasteiger partial charge is 0.322 e. The first kappa shape index (κ1) is 22.5. The molecule has 2 atom stereocenters. The van der Waals surface area contributed by atoms with Crippen LogP contribution in [-0.4, -0.2) is 41.9 Å². The van der Waals surface area contributed by atoms with Crippen LogP contribution in [-0.2, 0) is 10.0 Å². The van der Waals surface area contributed by atoms with Gasteiger partial charge in [0, 0.05) is 30.1 Å². The van der Waals surface area contributed by atoms with E-state index in [0.717, 1.165) is 29.9 Å². The number of benzene rings is 1. The number of nitrogens with zero attached hydrogens (tertiary/aromatic N) is 3. The molecule has 1 aromatic carbocycles. The molecule has 0 aliphatic carbocycles.